The lowest BCUT2D eigenvalue weighted by molar-refractivity contribution is -0.125. The fraction of sp³-hybridized carbons (Fsp3) is 0.188. The smallest absolute Gasteiger partial charge is 0.247 e. The van der Waals surface area contributed by atoms with E-state index in [1.165, 1.54) is 21.8 Å². The van der Waals surface area contributed by atoms with Crippen molar-refractivity contribution >= 4 is 28.9 Å². The van der Waals surface area contributed by atoms with Crippen LogP contribution in [0.2, 0.25) is 0 Å². The number of nitrogens with one attached hydrogen (secondary N) is 1. The average molecular weight is 355 g/mol. The zero-order chi connectivity index (χ0) is 18.7. The predicted molar refractivity (Wildman–Crippen MR) is 99.4 cm³/mol. The third-order valence-corrected chi connectivity index (χ3v) is 4.03. The highest BCUT2D eigenvalue weighted by molar-refractivity contribution is 5.81. The van der Waals surface area contributed by atoms with Gasteiger partial charge in [0.2, 0.25) is 5.91 Å². The van der Waals surface area contributed by atoms with Gasteiger partial charge < -0.3 is 28.3 Å². The Hall–Kier alpha value is -3.69. The van der Waals surface area contributed by atoms with Crippen LogP contribution in [0.3, 0.4) is 0 Å². The third kappa shape index (κ3) is 3.38. The van der Waals surface area contributed by atoms with Crippen LogP contribution in [0.15, 0.2) is 42.7 Å². The highest BCUT2D eigenvalue weighted by Crippen LogP contribution is 2.22. The number of carbonyl (C=O) groups excluding carboxylic acids is 1. The second-order valence-corrected chi connectivity index (χ2v) is 5.82. The van der Waals surface area contributed by atoms with Crippen LogP contribution in [-0.2, 0) is 17.9 Å². The fourth-order valence-corrected chi connectivity index (χ4v) is 2.53. The maximum Gasteiger partial charge on any atom is 0.247 e. The van der Waals surface area contributed by atoms with Crippen LogP contribution in [0.25, 0.3) is 0 Å². The van der Waals surface area contributed by atoms with Crippen LogP contribution in [0, 0.1) is 0 Å². The maximum atomic E-state index is 12.8. The molecule has 10 heteroatoms. The summed E-state index contributed by atoms with van der Waals surface area (Å²) < 4.78 is 2.78. The minimum absolute atomic E-state index is 0.106. The number of nitrogens with two attached hydrogens (primary N) is 4. The van der Waals surface area contributed by atoms with Gasteiger partial charge in [0.05, 0.1) is 30.3 Å². The zero-order valence-corrected chi connectivity index (χ0v) is 14.0. The van der Waals surface area contributed by atoms with Gasteiger partial charge in [-0.2, -0.15) is 10.2 Å². The van der Waals surface area contributed by atoms with Gasteiger partial charge in [-0.15, -0.1) is 0 Å². The first-order chi connectivity index (χ1) is 12.5. The molecule has 26 heavy (non-hydrogen) atoms. The molecule has 0 spiro atoms. The summed E-state index contributed by atoms with van der Waals surface area (Å²) in [6.07, 6.45) is 2.82. The summed E-state index contributed by atoms with van der Waals surface area (Å²) in [4.78, 5) is 12.8. The van der Waals surface area contributed by atoms with Crippen LogP contribution in [0.1, 0.15) is 11.6 Å². The molecule has 0 aliphatic carbocycles. The van der Waals surface area contributed by atoms with Gasteiger partial charge in [-0.25, -0.2) is 9.36 Å². The van der Waals surface area contributed by atoms with Crippen LogP contribution < -0.4 is 28.3 Å². The lowest BCUT2D eigenvalue weighted by Crippen LogP contribution is -2.36. The molecule has 2 aromatic heterocycles. The molecule has 0 saturated carbocycles. The molecule has 1 aromatic carbocycles. The molecule has 0 aliphatic heterocycles. The van der Waals surface area contributed by atoms with Crippen molar-refractivity contribution in [1.29, 1.82) is 0 Å². The number of carbonyl (C=O) groups is 1. The summed E-state index contributed by atoms with van der Waals surface area (Å²) >= 11 is 0. The van der Waals surface area contributed by atoms with Gasteiger partial charge in [-0.05, 0) is 5.56 Å². The van der Waals surface area contributed by atoms with Gasteiger partial charge in [-0.3, -0.25) is 4.79 Å². The van der Waals surface area contributed by atoms with Crippen LogP contribution in [-0.4, -0.2) is 25.5 Å². The Morgan fingerprint density at radius 2 is 1.65 bits per heavy atom. The lowest BCUT2D eigenvalue weighted by Gasteiger charge is -2.19. The third-order valence-electron chi connectivity index (χ3n) is 4.03. The van der Waals surface area contributed by atoms with Crippen molar-refractivity contribution in [1.82, 2.24) is 24.9 Å². The zero-order valence-electron chi connectivity index (χ0n) is 14.0. The molecule has 1 amide bonds. The van der Waals surface area contributed by atoms with E-state index in [9.17, 15) is 4.79 Å². The molecule has 3 rings (SSSR count). The Labute approximate surface area is 149 Å². The largest absolute Gasteiger partial charge is 0.394 e. The second kappa shape index (κ2) is 7.05. The van der Waals surface area contributed by atoms with E-state index in [1.54, 1.807) is 0 Å². The number of anilines is 4. The van der Waals surface area contributed by atoms with Crippen molar-refractivity contribution in [3.8, 4) is 0 Å². The van der Waals surface area contributed by atoms with Crippen molar-refractivity contribution in [2.75, 3.05) is 22.9 Å². The quantitative estimate of drug-likeness (QED) is 0.413. The number of nitrogen functional groups attached to an aromatic ring is 4. The molecule has 0 fully saturated rings. The van der Waals surface area contributed by atoms with Gasteiger partial charge in [0.25, 0.3) is 0 Å². The van der Waals surface area contributed by atoms with Crippen molar-refractivity contribution in [3.63, 3.8) is 0 Å². The van der Waals surface area contributed by atoms with Crippen LogP contribution >= 0.6 is 0 Å². The topological polar surface area (TPSA) is 169 Å². The highest BCUT2D eigenvalue weighted by Gasteiger charge is 2.26. The number of aromatic nitrogens is 4. The number of nitrogens with zero attached hydrogens (tertiary/aromatic N) is 4. The minimum atomic E-state index is -0.794. The standard InChI is InChI=1S/C16H21N9O/c17-11-7-22-24(14(11)19)9-13(25-15(20)12(18)8-23-25)16(26)21-6-10-4-2-1-3-5-10/h1-5,7-8,13H,6,9,17-20H2,(H,21,26). The Morgan fingerprint density at radius 3 is 2.23 bits per heavy atom. The van der Waals surface area contributed by atoms with Crippen LogP contribution in [0.5, 0.6) is 0 Å². The molecule has 0 radical (unpaired) electrons. The molecule has 136 valence electrons. The first kappa shape index (κ1) is 17.1. The molecule has 3 aromatic rings. The monoisotopic (exact) mass is 355 g/mol. The minimum Gasteiger partial charge on any atom is -0.394 e. The molecule has 9 N–H and O–H groups in total. The molecule has 1 unspecified atom stereocenters. The van der Waals surface area contributed by atoms with Crippen molar-refractivity contribution < 1.29 is 4.79 Å². The van der Waals surface area contributed by atoms with Crippen molar-refractivity contribution in [2.45, 2.75) is 19.1 Å². The number of hydrogen-bond donors (Lipinski definition) is 5. The summed E-state index contributed by atoms with van der Waals surface area (Å²) in [6.45, 7) is 0.471. The van der Waals surface area contributed by atoms with Gasteiger partial charge >= 0.3 is 0 Å². The first-order valence-corrected chi connectivity index (χ1v) is 7.94. The molecular formula is C16H21N9O. The predicted octanol–water partition coefficient (Wildman–Crippen LogP) is -0.0339. The summed E-state index contributed by atoms with van der Waals surface area (Å²) in [5, 5.41) is 11.1. The van der Waals surface area contributed by atoms with E-state index in [-0.39, 0.29) is 24.1 Å². The Balaban J connectivity index is 1.83. The molecule has 2 heterocycles. The number of hydrogen-bond acceptors (Lipinski definition) is 7. The summed E-state index contributed by atoms with van der Waals surface area (Å²) in [5.41, 5.74) is 24.9. The Morgan fingerprint density at radius 1 is 1.00 bits per heavy atom. The Bertz CT molecular complexity index is 900. The van der Waals surface area contributed by atoms with Gasteiger partial charge in [0.1, 0.15) is 11.6 Å². The summed E-state index contributed by atoms with van der Waals surface area (Å²) in [7, 11) is 0. The molecule has 1 atom stereocenters. The average Bonchev–Trinajstić information content (AvgIpc) is 3.15. The van der Waals surface area contributed by atoms with E-state index in [4.69, 9.17) is 22.9 Å². The molecule has 10 nitrogen and oxygen atoms in total. The van der Waals surface area contributed by atoms with E-state index < -0.39 is 6.04 Å². The van der Waals surface area contributed by atoms with Crippen molar-refractivity contribution in [2.24, 2.45) is 0 Å². The molecule has 0 bridgehead atoms. The molecule has 0 aliphatic rings. The molecule has 0 saturated heterocycles. The van der Waals surface area contributed by atoms with E-state index in [2.05, 4.69) is 15.5 Å². The Kier molecular flexibility index (Phi) is 4.65. The number of benzene rings is 1. The van der Waals surface area contributed by atoms with E-state index >= 15 is 0 Å². The normalized spacial score (nSPS) is 12.0. The summed E-state index contributed by atoms with van der Waals surface area (Å²) in [5.74, 6) is 0.172. The maximum absolute atomic E-state index is 12.8. The second-order valence-electron chi connectivity index (χ2n) is 5.82. The van der Waals surface area contributed by atoms with Gasteiger partial charge in [-0.1, -0.05) is 30.3 Å². The van der Waals surface area contributed by atoms with E-state index in [1.807, 2.05) is 30.3 Å². The first-order valence-electron chi connectivity index (χ1n) is 7.94. The van der Waals surface area contributed by atoms with Crippen LogP contribution in [0.4, 0.5) is 23.0 Å². The highest BCUT2D eigenvalue weighted by atomic mass is 16.2. The number of amides is 1. The van der Waals surface area contributed by atoms with Gasteiger partial charge in [0.15, 0.2) is 6.04 Å². The number of rotatable bonds is 6. The molecular weight excluding hydrogens is 334 g/mol. The van der Waals surface area contributed by atoms with E-state index in [0.29, 0.717) is 17.9 Å². The lowest BCUT2D eigenvalue weighted by atomic mass is 10.2. The van der Waals surface area contributed by atoms with E-state index in [0.717, 1.165) is 5.56 Å². The van der Waals surface area contributed by atoms with Gasteiger partial charge in [0, 0.05) is 6.54 Å². The SMILES string of the molecule is Nc1cnn(CC(C(=O)NCc2ccccc2)n2ncc(N)c2N)c1N. The fourth-order valence-electron chi connectivity index (χ4n) is 2.53. The van der Waals surface area contributed by atoms with Crippen molar-refractivity contribution in [3.05, 3.63) is 48.3 Å². The summed E-state index contributed by atoms with van der Waals surface area (Å²) in [6, 6.07) is 8.75.